The van der Waals surface area contributed by atoms with Crippen molar-refractivity contribution < 1.29 is 9.84 Å². The molecule has 0 saturated carbocycles. The lowest BCUT2D eigenvalue weighted by atomic mass is 10.1. The first-order valence-electron chi connectivity index (χ1n) is 6.51. The van der Waals surface area contributed by atoms with E-state index in [1.807, 2.05) is 6.07 Å². The van der Waals surface area contributed by atoms with Crippen molar-refractivity contribution in [3.63, 3.8) is 0 Å². The lowest BCUT2D eigenvalue weighted by molar-refractivity contribution is 0.0722. The van der Waals surface area contributed by atoms with Crippen molar-refractivity contribution in [2.24, 2.45) is 0 Å². The fourth-order valence-electron chi connectivity index (χ4n) is 2.31. The first kappa shape index (κ1) is 13.7. The van der Waals surface area contributed by atoms with E-state index in [1.54, 1.807) is 12.1 Å². The molecule has 18 heavy (non-hydrogen) atoms. The van der Waals surface area contributed by atoms with Crippen LogP contribution >= 0.6 is 11.6 Å². The molecule has 2 rings (SSSR count). The summed E-state index contributed by atoms with van der Waals surface area (Å²) in [5.41, 5.74) is 0.805. The third kappa shape index (κ3) is 3.37. The van der Waals surface area contributed by atoms with Crippen LogP contribution in [0.4, 0.5) is 0 Å². The van der Waals surface area contributed by atoms with Crippen LogP contribution in [0.1, 0.15) is 25.3 Å². The highest BCUT2D eigenvalue weighted by atomic mass is 35.5. The van der Waals surface area contributed by atoms with Crippen molar-refractivity contribution in [3.05, 3.63) is 28.8 Å². The Bertz CT molecular complexity index is 371. The van der Waals surface area contributed by atoms with E-state index in [0.717, 1.165) is 38.1 Å². The predicted octanol–water partition coefficient (Wildman–Crippen LogP) is 3.05. The van der Waals surface area contributed by atoms with Gasteiger partial charge in [0.15, 0.2) is 0 Å². The highest BCUT2D eigenvalue weighted by molar-refractivity contribution is 6.31. The lowest BCUT2D eigenvalue weighted by Gasteiger charge is -2.24. The van der Waals surface area contributed by atoms with E-state index in [9.17, 15) is 5.11 Å². The molecule has 1 unspecified atom stereocenters. The molecule has 1 aromatic carbocycles. The van der Waals surface area contributed by atoms with E-state index in [4.69, 9.17) is 16.3 Å². The fourth-order valence-corrected chi connectivity index (χ4v) is 2.54. The number of benzene rings is 1. The Kier molecular flexibility index (Phi) is 4.87. The summed E-state index contributed by atoms with van der Waals surface area (Å²) < 4.78 is 5.65. The first-order valence-corrected chi connectivity index (χ1v) is 6.88. The number of halogens is 1. The highest BCUT2D eigenvalue weighted by Crippen LogP contribution is 2.27. The van der Waals surface area contributed by atoms with E-state index >= 15 is 0 Å². The number of likely N-dealkylation sites (N-methyl/N-ethyl adjacent to an activating group) is 1. The molecule has 1 heterocycles. The average Bonchev–Trinajstić information content (AvgIpc) is 2.85. The minimum Gasteiger partial charge on any atom is -0.508 e. The van der Waals surface area contributed by atoms with E-state index in [2.05, 4.69) is 11.8 Å². The summed E-state index contributed by atoms with van der Waals surface area (Å²) in [6.45, 7) is 5.48. The zero-order chi connectivity index (χ0) is 13.0. The highest BCUT2D eigenvalue weighted by Gasteiger charge is 2.19. The number of phenolic OH excluding ortho intramolecular Hbond substituents is 1. The zero-order valence-corrected chi connectivity index (χ0v) is 11.5. The van der Waals surface area contributed by atoms with Crippen LogP contribution in [0.3, 0.4) is 0 Å². The van der Waals surface area contributed by atoms with Crippen LogP contribution < -0.4 is 0 Å². The van der Waals surface area contributed by atoms with Crippen molar-refractivity contribution in [1.29, 1.82) is 0 Å². The quantitative estimate of drug-likeness (QED) is 0.892. The summed E-state index contributed by atoms with van der Waals surface area (Å²) in [5, 5.41) is 10.5. The predicted molar refractivity (Wildman–Crippen MR) is 73.0 cm³/mol. The van der Waals surface area contributed by atoms with Crippen molar-refractivity contribution in [3.8, 4) is 5.75 Å². The standard InChI is InChI=1S/C14H20ClNO2/c1-2-16(9-11-5-4-8-18-11)10-12-13(15)6-3-7-14(12)17/h3,6-7,11,17H,2,4-5,8-10H2,1H3. The van der Waals surface area contributed by atoms with Gasteiger partial charge in [-0.1, -0.05) is 24.6 Å². The Morgan fingerprint density at radius 3 is 2.94 bits per heavy atom. The molecular weight excluding hydrogens is 250 g/mol. The Balaban J connectivity index is 2.00. The molecule has 1 saturated heterocycles. The molecule has 100 valence electrons. The van der Waals surface area contributed by atoms with Gasteiger partial charge in [-0.15, -0.1) is 0 Å². The monoisotopic (exact) mass is 269 g/mol. The number of nitrogens with zero attached hydrogens (tertiary/aromatic N) is 1. The van der Waals surface area contributed by atoms with E-state index in [1.165, 1.54) is 0 Å². The third-order valence-corrected chi connectivity index (χ3v) is 3.76. The molecule has 0 aromatic heterocycles. The van der Waals surface area contributed by atoms with Crippen LogP contribution in [0.25, 0.3) is 0 Å². The SMILES string of the molecule is CCN(Cc1c(O)cccc1Cl)CC1CCCO1. The van der Waals surface area contributed by atoms with Gasteiger partial charge in [-0.3, -0.25) is 4.90 Å². The first-order chi connectivity index (χ1) is 8.70. The number of hydrogen-bond donors (Lipinski definition) is 1. The maximum atomic E-state index is 9.85. The second-order valence-electron chi connectivity index (χ2n) is 4.70. The Morgan fingerprint density at radius 2 is 2.33 bits per heavy atom. The number of hydrogen-bond acceptors (Lipinski definition) is 3. The minimum atomic E-state index is 0.272. The molecule has 0 bridgehead atoms. The topological polar surface area (TPSA) is 32.7 Å². The van der Waals surface area contributed by atoms with Crippen LogP contribution in [0.2, 0.25) is 5.02 Å². The second-order valence-corrected chi connectivity index (χ2v) is 5.11. The van der Waals surface area contributed by atoms with Crippen LogP contribution in [0.5, 0.6) is 5.75 Å². The van der Waals surface area contributed by atoms with Gasteiger partial charge in [0, 0.05) is 30.3 Å². The zero-order valence-electron chi connectivity index (χ0n) is 10.7. The van der Waals surface area contributed by atoms with Crippen LogP contribution in [-0.4, -0.2) is 35.8 Å². The Labute approximate surface area is 113 Å². The van der Waals surface area contributed by atoms with Gasteiger partial charge in [0.25, 0.3) is 0 Å². The Hall–Kier alpha value is -0.770. The molecular formula is C14H20ClNO2. The molecule has 0 amide bonds. The molecule has 1 atom stereocenters. The van der Waals surface area contributed by atoms with Gasteiger partial charge in [-0.25, -0.2) is 0 Å². The summed E-state index contributed by atoms with van der Waals surface area (Å²) in [5.74, 6) is 0.272. The van der Waals surface area contributed by atoms with Crippen LogP contribution in [0.15, 0.2) is 18.2 Å². The van der Waals surface area contributed by atoms with Crippen LogP contribution in [-0.2, 0) is 11.3 Å². The molecule has 1 aromatic rings. The summed E-state index contributed by atoms with van der Waals surface area (Å²) in [4.78, 5) is 2.26. The number of phenols is 1. The minimum absolute atomic E-state index is 0.272. The molecule has 0 aliphatic carbocycles. The molecule has 3 nitrogen and oxygen atoms in total. The van der Waals surface area contributed by atoms with Gasteiger partial charge in [0.1, 0.15) is 5.75 Å². The van der Waals surface area contributed by atoms with Gasteiger partial charge < -0.3 is 9.84 Å². The third-order valence-electron chi connectivity index (χ3n) is 3.41. The lowest BCUT2D eigenvalue weighted by Crippen LogP contribution is -2.31. The van der Waals surface area contributed by atoms with Crippen molar-refractivity contribution in [2.75, 3.05) is 19.7 Å². The molecule has 0 radical (unpaired) electrons. The number of rotatable bonds is 5. The molecule has 1 aliphatic rings. The summed E-state index contributed by atoms with van der Waals surface area (Å²) in [7, 11) is 0. The van der Waals surface area contributed by atoms with Gasteiger partial charge in [-0.05, 0) is 31.5 Å². The maximum Gasteiger partial charge on any atom is 0.121 e. The second kappa shape index (κ2) is 6.41. The normalized spacial score (nSPS) is 19.6. The summed E-state index contributed by atoms with van der Waals surface area (Å²) >= 11 is 6.13. The molecule has 1 N–H and O–H groups in total. The van der Waals surface area contributed by atoms with Gasteiger partial charge in [0.2, 0.25) is 0 Å². The summed E-state index contributed by atoms with van der Waals surface area (Å²) in [6, 6.07) is 5.26. The van der Waals surface area contributed by atoms with Crippen LogP contribution in [0, 0.1) is 0 Å². The van der Waals surface area contributed by atoms with Gasteiger partial charge >= 0.3 is 0 Å². The number of ether oxygens (including phenoxy) is 1. The molecule has 0 spiro atoms. The molecule has 4 heteroatoms. The van der Waals surface area contributed by atoms with Crippen molar-refractivity contribution >= 4 is 11.6 Å². The van der Waals surface area contributed by atoms with Gasteiger partial charge in [0.05, 0.1) is 6.10 Å². The average molecular weight is 270 g/mol. The van der Waals surface area contributed by atoms with Gasteiger partial charge in [-0.2, -0.15) is 0 Å². The maximum absolute atomic E-state index is 9.85. The van der Waals surface area contributed by atoms with E-state index < -0.39 is 0 Å². The summed E-state index contributed by atoms with van der Waals surface area (Å²) in [6.07, 6.45) is 2.61. The Morgan fingerprint density at radius 1 is 1.50 bits per heavy atom. The largest absolute Gasteiger partial charge is 0.508 e. The number of aromatic hydroxyl groups is 1. The van der Waals surface area contributed by atoms with Crippen molar-refractivity contribution in [2.45, 2.75) is 32.4 Å². The smallest absolute Gasteiger partial charge is 0.121 e. The van der Waals surface area contributed by atoms with Crippen molar-refractivity contribution in [1.82, 2.24) is 4.90 Å². The van der Waals surface area contributed by atoms with E-state index in [-0.39, 0.29) is 5.75 Å². The fraction of sp³-hybridized carbons (Fsp3) is 0.571. The molecule has 1 fully saturated rings. The van der Waals surface area contributed by atoms with E-state index in [0.29, 0.717) is 17.7 Å². The molecule has 1 aliphatic heterocycles.